The second kappa shape index (κ2) is 5.54. The highest BCUT2D eigenvalue weighted by Gasteiger charge is 2.24. The van der Waals surface area contributed by atoms with Gasteiger partial charge in [0.05, 0.1) is 12.2 Å². The lowest BCUT2D eigenvalue weighted by Crippen LogP contribution is -2.11. The summed E-state index contributed by atoms with van der Waals surface area (Å²) in [6.45, 7) is 1.65. The molecule has 0 aromatic carbocycles. The Morgan fingerprint density at radius 2 is 2.31 bits per heavy atom. The van der Waals surface area contributed by atoms with E-state index in [-0.39, 0.29) is 16.2 Å². The molecular weight excluding hydrogens is 307 g/mol. The summed E-state index contributed by atoms with van der Waals surface area (Å²) in [5.41, 5.74) is -0.973. The van der Waals surface area contributed by atoms with E-state index in [0.29, 0.717) is 0 Å². The van der Waals surface area contributed by atoms with Crippen molar-refractivity contribution in [3.05, 3.63) is 26.9 Å². The first-order valence-corrected chi connectivity index (χ1v) is 5.45. The molecular formula is C9H7BrClF2NO2. The van der Waals surface area contributed by atoms with Crippen LogP contribution in [-0.2, 0) is 4.74 Å². The molecule has 0 aliphatic heterocycles. The van der Waals surface area contributed by atoms with Crippen molar-refractivity contribution < 1.29 is 18.3 Å². The minimum Gasteiger partial charge on any atom is -0.461 e. The topological polar surface area (TPSA) is 39.2 Å². The number of hydrogen-bond donors (Lipinski definition) is 0. The predicted octanol–water partition coefficient (Wildman–Crippen LogP) is 3.61. The number of nitrogens with zero attached hydrogens (tertiary/aromatic N) is 1. The van der Waals surface area contributed by atoms with Crippen LogP contribution in [0.15, 0.2) is 10.5 Å². The molecule has 1 aromatic rings. The van der Waals surface area contributed by atoms with Gasteiger partial charge in [-0.05, 0) is 13.0 Å². The van der Waals surface area contributed by atoms with Gasteiger partial charge < -0.3 is 4.74 Å². The molecule has 0 N–H and O–H groups in total. The van der Waals surface area contributed by atoms with Crippen LogP contribution >= 0.6 is 27.5 Å². The molecule has 0 atom stereocenters. The van der Waals surface area contributed by atoms with Crippen molar-refractivity contribution in [3.8, 4) is 0 Å². The van der Waals surface area contributed by atoms with Crippen LogP contribution in [0.25, 0.3) is 0 Å². The van der Waals surface area contributed by atoms with Gasteiger partial charge in [0, 0.05) is 4.47 Å². The molecule has 0 saturated heterocycles. The van der Waals surface area contributed by atoms with Crippen molar-refractivity contribution in [2.24, 2.45) is 0 Å². The van der Waals surface area contributed by atoms with Crippen LogP contribution in [0, 0.1) is 0 Å². The van der Waals surface area contributed by atoms with E-state index in [4.69, 9.17) is 11.6 Å². The zero-order valence-electron chi connectivity index (χ0n) is 8.14. The van der Waals surface area contributed by atoms with Crippen molar-refractivity contribution in [1.29, 1.82) is 0 Å². The highest BCUT2D eigenvalue weighted by Crippen LogP contribution is 2.31. The summed E-state index contributed by atoms with van der Waals surface area (Å²) in [7, 11) is 0. The summed E-state index contributed by atoms with van der Waals surface area (Å²) in [6, 6.07) is 1.20. The summed E-state index contributed by atoms with van der Waals surface area (Å²) in [5.74, 6) is -0.916. The van der Waals surface area contributed by atoms with Crippen LogP contribution in [0.1, 0.15) is 29.4 Å². The Balaban J connectivity index is 3.29. The number of aromatic nitrogens is 1. The molecule has 1 aromatic heterocycles. The number of esters is 1. The van der Waals surface area contributed by atoms with Crippen LogP contribution in [0.3, 0.4) is 0 Å². The van der Waals surface area contributed by atoms with Crippen LogP contribution in [0.2, 0.25) is 5.15 Å². The van der Waals surface area contributed by atoms with Gasteiger partial charge in [-0.1, -0.05) is 27.5 Å². The van der Waals surface area contributed by atoms with E-state index < -0.39 is 23.7 Å². The third-order valence-electron chi connectivity index (χ3n) is 1.66. The second-order valence-electron chi connectivity index (χ2n) is 2.71. The minimum absolute atomic E-state index is 0.0329. The van der Waals surface area contributed by atoms with E-state index in [1.807, 2.05) is 0 Å². The minimum atomic E-state index is -2.83. The summed E-state index contributed by atoms with van der Waals surface area (Å²) in [5, 5.41) is -0.0562. The zero-order chi connectivity index (χ0) is 12.3. The van der Waals surface area contributed by atoms with Crippen LogP contribution in [0.5, 0.6) is 0 Å². The molecule has 0 bridgehead atoms. The Bertz CT molecular complexity index is 415. The standard InChI is InChI=1S/C9H7BrClF2NO2/c1-2-16-9(15)7-6(8(12)13)4(10)3-5(11)14-7/h3,8H,2H2,1H3. The van der Waals surface area contributed by atoms with Gasteiger partial charge in [0.15, 0.2) is 5.69 Å². The molecule has 3 nitrogen and oxygen atoms in total. The van der Waals surface area contributed by atoms with Crippen LogP contribution in [-0.4, -0.2) is 17.6 Å². The summed E-state index contributed by atoms with van der Waals surface area (Å²) in [4.78, 5) is 14.9. The number of carbonyl (C=O) groups is 1. The van der Waals surface area contributed by atoms with Crippen molar-refractivity contribution in [2.45, 2.75) is 13.3 Å². The predicted molar refractivity (Wildman–Crippen MR) is 57.9 cm³/mol. The molecule has 1 heterocycles. The Labute approximate surface area is 104 Å². The highest BCUT2D eigenvalue weighted by molar-refractivity contribution is 9.10. The molecule has 0 amide bonds. The number of hydrogen-bond acceptors (Lipinski definition) is 3. The Morgan fingerprint density at radius 1 is 1.69 bits per heavy atom. The number of pyridine rings is 1. The maximum absolute atomic E-state index is 12.7. The van der Waals surface area contributed by atoms with Gasteiger partial charge in [-0.25, -0.2) is 18.6 Å². The molecule has 16 heavy (non-hydrogen) atoms. The molecule has 0 fully saturated rings. The van der Waals surface area contributed by atoms with Gasteiger partial charge in [-0.15, -0.1) is 0 Å². The summed E-state index contributed by atoms with van der Waals surface area (Å²) < 4.78 is 30.0. The van der Waals surface area contributed by atoms with E-state index >= 15 is 0 Å². The van der Waals surface area contributed by atoms with Gasteiger partial charge in [0.1, 0.15) is 5.15 Å². The number of ether oxygens (including phenoxy) is 1. The normalized spacial score (nSPS) is 10.6. The zero-order valence-corrected chi connectivity index (χ0v) is 10.5. The van der Waals surface area contributed by atoms with E-state index in [1.54, 1.807) is 6.92 Å². The SMILES string of the molecule is CCOC(=O)c1nc(Cl)cc(Br)c1C(F)F. The number of rotatable bonds is 3. The Kier molecular flexibility index (Phi) is 4.61. The molecule has 7 heteroatoms. The van der Waals surface area contributed by atoms with Gasteiger partial charge in [0.25, 0.3) is 6.43 Å². The lowest BCUT2D eigenvalue weighted by atomic mass is 10.2. The second-order valence-corrected chi connectivity index (χ2v) is 3.95. The summed E-state index contributed by atoms with van der Waals surface area (Å²) in [6.07, 6.45) is -2.83. The van der Waals surface area contributed by atoms with Crippen molar-refractivity contribution in [1.82, 2.24) is 4.98 Å². The monoisotopic (exact) mass is 313 g/mol. The molecule has 88 valence electrons. The number of alkyl halides is 2. The van der Waals surface area contributed by atoms with Gasteiger partial charge in [-0.2, -0.15) is 0 Å². The Morgan fingerprint density at radius 3 is 2.81 bits per heavy atom. The first-order chi connectivity index (χ1) is 7.47. The van der Waals surface area contributed by atoms with Crippen molar-refractivity contribution >= 4 is 33.5 Å². The van der Waals surface area contributed by atoms with E-state index in [0.717, 1.165) is 0 Å². The number of carbonyl (C=O) groups excluding carboxylic acids is 1. The lowest BCUT2D eigenvalue weighted by Gasteiger charge is -2.09. The van der Waals surface area contributed by atoms with E-state index in [1.165, 1.54) is 6.07 Å². The fourth-order valence-electron chi connectivity index (χ4n) is 1.06. The third kappa shape index (κ3) is 2.89. The van der Waals surface area contributed by atoms with Crippen LogP contribution < -0.4 is 0 Å². The van der Waals surface area contributed by atoms with E-state index in [2.05, 4.69) is 25.7 Å². The molecule has 0 spiro atoms. The molecule has 1 rings (SSSR count). The first kappa shape index (κ1) is 13.3. The van der Waals surface area contributed by atoms with E-state index in [9.17, 15) is 13.6 Å². The average Bonchev–Trinajstić information content (AvgIpc) is 2.15. The van der Waals surface area contributed by atoms with Crippen LogP contribution in [0.4, 0.5) is 8.78 Å². The number of halogens is 4. The lowest BCUT2D eigenvalue weighted by molar-refractivity contribution is 0.0507. The average molecular weight is 315 g/mol. The van der Waals surface area contributed by atoms with Gasteiger partial charge >= 0.3 is 5.97 Å². The third-order valence-corrected chi connectivity index (χ3v) is 2.51. The largest absolute Gasteiger partial charge is 0.461 e. The maximum Gasteiger partial charge on any atom is 0.357 e. The highest BCUT2D eigenvalue weighted by atomic mass is 79.9. The van der Waals surface area contributed by atoms with Gasteiger partial charge in [0.2, 0.25) is 0 Å². The van der Waals surface area contributed by atoms with Crippen molar-refractivity contribution in [2.75, 3.05) is 6.61 Å². The van der Waals surface area contributed by atoms with Crippen molar-refractivity contribution in [3.63, 3.8) is 0 Å². The summed E-state index contributed by atoms with van der Waals surface area (Å²) >= 11 is 8.48. The maximum atomic E-state index is 12.7. The molecule has 0 aliphatic rings. The molecule has 0 unspecified atom stereocenters. The quantitative estimate of drug-likeness (QED) is 0.632. The smallest absolute Gasteiger partial charge is 0.357 e. The molecule has 0 aliphatic carbocycles. The van der Waals surface area contributed by atoms with Gasteiger partial charge in [-0.3, -0.25) is 0 Å². The molecule has 0 saturated carbocycles. The fourth-order valence-corrected chi connectivity index (χ4v) is 1.96. The Hall–Kier alpha value is -0.750. The molecule has 0 radical (unpaired) electrons. The fraction of sp³-hybridized carbons (Fsp3) is 0.333. The first-order valence-electron chi connectivity index (χ1n) is 4.28.